The first-order valence-corrected chi connectivity index (χ1v) is 7.99. The van der Waals surface area contributed by atoms with Crippen LogP contribution in [0.4, 0.5) is 5.69 Å². The number of aromatic amines is 2. The first-order valence-electron chi connectivity index (χ1n) is 7.58. The number of anilines is 1. The highest BCUT2D eigenvalue weighted by molar-refractivity contribution is 7.71. The van der Waals surface area contributed by atoms with Gasteiger partial charge in [0.15, 0.2) is 4.77 Å². The molecule has 0 saturated heterocycles. The molecule has 0 aliphatic carbocycles. The van der Waals surface area contributed by atoms with Crippen LogP contribution >= 0.6 is 12.2 Å². The van der Waals surface area contributed by atoms with E-state index < -0.39 is 0 Å². The summed E-state index contributed by atoms with van der Waals surface area (Å²) >= 11 is 4.91. The summed E-state index contributed by atoms with van der Waals surface area (Å²) in [4.78, 5) is 29.4. The Kier molecular flexibility index (Phi) is 5.50. The molecule has 0 atom stereocenters. The average molecular weight is 331 g/mol. The lowest BCUT2D eigenvalue weighted by atomic mass is 10.0. The summed E-state index contributed by atoms with van der Waals surface area (Å²) in [5.41, 5.74) is 2.98. The predicted octanol–water partition coefficient (Wildman–Crippen LogP) is 3.44. The summed E-state index contributed by atoms with van der Waals surface area (Å²) in [6.45, 7) is 6.00. The van der Waals surface area contributed by atoms with Gasteiger partial charge in [-0.1, -0.05) is 26.0 Å². The fourth-order valence-electron chi connectivity index (χ4n) is 2.36. The van der Waals surface area contributed by atoms with Crippen molar-refractivity contribution in [3.8, 4) is 0 Å². The number of amides is 1. The zero-order valence-electron chi connectivity index (χ0n) is 13.5. The van der Waals surface area contributed by atoms with Crippen LogP contribution in [0.1, 0.15) is 43.0 Å². The number of rotatable bonds is 5. The third kappa shape index (κ3) is 4.63. The highest BCUT2D eigenvalue weighted by atomic mass is 32.1. The van der Waals surface area contributed by atoms with E-state index in [1.165, 1.54) is 5.56 Å². The van der Waals surface area contributed by atoms with Crippen LogP contribution in [-0.2, 0) is 11.2 Å². The lowest BCUT2D eigenvalue weighted by Gasteiger charge is -2.10. The van der Waals surface area contributed by atoms with E-state index in [2.05, 4.69) is 29.1 Å². The number of hydrogen-bond donors (Lipinski definition) is 3. The van der Waals surface area contributed by atoms with E-state index >= 15 is 0 Å². The van der Waals surface area contributed by atoms with E-state index in [-0.39, 0.29) is 17.9 Å². The Balaban J connectivity index is 2.02. The van der Waals surface area contributed by atoms with Crippen molar-refractivity contribution in [2.75, 3.05) is 5.32 Å². The van der Waals surface area contributed by atoms with Crippen LogP contribution in [0.2, 0.25) is 0 Å². The van der Waals surface area contributed by atoms with E-state index in [4.69, 9.17) is 12.2 Å². The molecule has 0 aliphatic rings. The van der Waals surface area contributed by atoms with Crippen molar-refractivity contribution in [3.05, 3.63) is 56.2 Å². The van der Waals surface area contributed by atoms with Crippen LogP contribution in [-0.4, -0.2) is 15.9 Å². The minimum atomic E-state index is -0.235. The van der Waals surface area contributed by atoms with Gasteiger partial charge in [0.1, 0.15) is 0 Å². The van der Waals surface area contributed by atoms with Gasteiger partial charge in [-0.25, -0.2) is 0 Å². The standard InChI is InChI=1S/C17H21N3O2S/c1-10(2)12-5-4-6-13(9-12)19-15(21)8-7-14-11(3)18-17(23)20-16(14)22/h4-6,9-10H,7-8H2,1-3H3,(H,19,21)(H2,18,20,22,23). The number of nitrogens with one attached hydrogen (secondary N) is 3. The summed E-state index contributed by atoms with van der Waals surface area (Å²) in [5, 5.41) is 2.88. The topological polar surface area (TPSA) is 77.8 Å². The van der Waals surface area contributed by atoms with Gasteiger partial charge in [0.2, 0.25) is 5.91 Å². The Hall–Kier alpha value is -2.21. The van der Waals surface area contributed by atoms with E-state index in [9.17, 15) is 9.59 Å². The summed E-state index contributed by atoms with van der Waals surface area (Å²) in [6.07, 6.45) is 0.601. The van der Waals surface area contributed by atoms with Crippen molar-refractivity contribution in [1.29, 1.82) is 0 Å². The number of benzene rings is 1. The fourth-order valence-corrected chi connectivity index (χ4v) is 2.61. The molecule has 5 nitrogen and oxygen atoms in total. The molecule has 3 N–H and O–H groups in total. The monoisotopic (exact) mass is 331 g/mol. The van der Waals surface area contributed by atoms with Crippen molar-refractivity contribution < 1.29 is 4.79 Å². The lowest BCUT2D eigenvalue weighted by Crippen LogP contribution is -2.19. The van der Waals surface area contributed by atoms with Crippen LogP contribution in [0, 0.1) is 11.7 Å². The summed E-state index contributed by atoms with van der Waals surface area (Å²) in [7, 11) is 0. The summed E-state index contributed by atoms with van der Waals surface area (Å²) in [5.74, 6) is 0.285. The molecule has 23 heavy (non-hydrogen) atoms. The van der Waals surface area contributed by atoms with Crippen LogP contribution in [0.5, 0.6) is 0 Å². The maximum atomic E-state index is 12.1. The van der Waals surface area contributed by atoms with E-state index in [1.807, 2.05) is 24.3 Å². The quantitative estimate of drug-likeness (QED) is 0.735. The third-order valence-corrected chi connectivity index (χ3v) is 3.90. The summed E-state index contributed by atoms with van der Waals surface area (Å²) < 4.78 is 0.297. The van der Waals surface area contributed by atoms with E-state index in [0.29, 0.717) is 28.4 Å². The molecule has 0 fully saturated rings. The molecule has 122 valence electrons. The number of H-pyrrole nitrogens is 2. The Morgan fingerprint density at radius 1 is 1.30 bits per heavy atom. The molecule has 0 saturated carbocycles. The zero-order chi connectivity index (χ0) is 17.0. The number of aryl methyl sites for hydroxylation is 1. The van der Waals surface area contributed by atoms with Crippen LogP contribution in [0.25, 0.3) is 0 Å². The summed E-state index contributed by atoms with van der Waals surface area (Å²) in [6, 6.07) is 7.80. The molecule has 0 bridgehead atoms. The minimum Gasteiger partial charge on any atom is -0.336 e. The minimum absolute atomic E-state index is 0.118. The molecule has 1 heterocycles. The van der Waals surface area contributed by atoms with Gasteiger partial charge in [0.05, 0.1) is 0 Å². The molecule has 1 aromatic heterocycles. The van der Waals surface area contributed by atoms with Gasteiger partial charge in [0, 0.05) is 23.4 Å². The van der Waals surface area contributed by atoms with Crippen molar-refractivity contribution in [2.24, 2.45) is 0 Å². The van der Waals surface area contributed by atoms with Crippen LogP contribution in [0.3, 0.4) is 0 Å². The van der Waals surface area contributed by atoms with Gasteiger partial charge in [-0.3, -0.25) is 14.6 Å². The molecule has 0 spiro atoms. The van der Waals surface area contributed by atoms with Crippen molar-refractivity contribution in [2.45, 2.75) is 39.5 Å². The number of hydrogen-bond acceptors (Lipinski definition) is 3. The first-order chi connectivity index (χ1) is 10.9. The first kappa shape index (κ1) is 17.1. The highest BCUT2D eigenvalue weighted by Crippen LogP contribution is 2.18. The molecule has 0 radical (unpaired) electrons. The SMILES string of the molecule is Cc1[nH]c(=S)[nH]c(=O)c1CCC(=O)Nc1cccc(C(C)C)c1. The number of carbonyl (C=O) groups is 1. The lowest BCUT2D eigenvalue weighted by molar-refractivity contribution is -0.116. The Morgan fingerprint density at radius 2 is 2.04 bits per heavy atom. The predicted molar refractivity (Wildman–Crippen MR) is 94.5 cm³/mol. The second kappa shape index (κ2) is 7.37. The highest BCUT2D eigenvalue weighted by Gasteiger charge is 2.09. The molecule has 0 unspecified atom stereocenters. The molecule has 1 aromatic carbocycles. The molecule has 6 heteroatoms. The van der Waals surface area contributed by atoms with Gasteiger partial charge < -0.3 is 10.3 Å². The van der Waals surface area contributed by atoms with E-state index in [0.717, 1.165) is 5.69 Å². The number of carbonyl (C=O) groups excluding carboxylic acids is 1. The molecule has 2 rings (SSSR count). The molecule has 2 aromatic rings. The Labute approximate surface area is 140 Å². The van der Waals surface area contributed by atoms with Gasteiger partial charge in [-0.2, -0.15) is 0 Å². The fraction of sp³-hybridized carbons (Fsp3) is 0.353. The smallest absolute Gasteiger partial charge is 0.255 e. The van der Waals surface area contributed by atoms with Crippen molar-refractivity contribution in [1.82, 2.24) is 9.97 Å². The van der Waals surface area contributed by atoms with Crippen molar-refractivity contribution >= 4 is 23.8 Å². The second-order valence-corrected chi connectivity index (χ2v) is 6.25. The maximum absolute atomic E-state index is 12.1. The molecule has 0 aliphatic heterocycles. The van der Waals surface area contributed by atoms with Gasteiger partial charge >= 0.3 is 0 Å². The zero-order valence-corrected chi connectivity index (χ0v) is 14.3. The van der Waals surface area contributed by atoms with Gasteiger partial charge in [0.25, 0.3) is 5.56 Å². The van der Waals surface area contributed by atoms with E-state index in [1.54, 1.807) is 6.92 Å². The van der Waals surface area contributed by atoms with Crippen LogP contribution in [0.15, 0.2) is 29.1 Å². The Bertz CT molecular complexity index is 821. The molecule has 1 amide bonds. The molecular formula is C17H21N3O2S. The maximum Gasteiger partial charge on any atom is 0.255 e. The Morgan fingerprint density at radius 3 is 2.70 bits per heavy atom. The average Bonchev–Trinajstić information content (AvgIpc) is 2.46. The second-order valence-electron chi connectivity index (χ2n) is 5.84. The molecular weight excluding hydrogens is 310 g/mol. The van der Waals surface area contributed by atoms with Gasteiger partial charge in [-0.05, 0) is 49.2 Å². The van der Waals surface area contributed by atoms with Gasteiger partial charge in [-0.15, -0.1) is 0 Å². The van der Waals surface area contributed by atoms with Crippen LogP contribution < -0.4 is 10.9 Å². The largest absolute Gasteiger partial charge is 0.336 e. The van der Waals surface area contributed by atoms with Crippen molar-refractivity contribution in [3.63, 3.8) is 0 Å². The third-order valence-electron chi connectivity index (χ3n) is 3.69. The normalized spacial score (nSPS) is 10.8. The number of aromatic nitrogens is 2.